The van der Waals surface area contributed by atoms with Crippen LogP contribution in [0.3, 0.4) is 0 Å². The van der Waals surface area contributed by atoms with E-state index in [0.29, 0.717) is 11.8 Å². The Morgan fingerprint density at radius 1 is 0.822 bits per heavy atom. The molecule has 0 amide bonds. The summed E-state index contributed by atoms with van der Waals surface area (Å²) in [6, 6.07) is 0. The fourth-order valence-corrected chi connectivity index (χ4v) is 13.7. The van der Waals surface area contributed by atoms with E-state index in [2.05, 4.69) is 48.5 Å². The van der Waals surface area contributed by atoms with Gasteiger partial charge in [-0.2, -0.15) is 0 Å². The molecule has 254 valence electrons. The molecule has 5 saturated carbocycles. The summed E-state index contributed by atoms with van der Waals surface area (Å²) < 4.78 is 26.0. The molecule has 1 spiro atoms. The number of rotatable bonds is 3. The van der Waals surface area contributed by atoms with Crippen LogP contribution in [-0.2, 0) is 23.7 Å². The standard InChI is InChI=1S/C36H56O9/c1-30(2)12-14-35-15-13-34(7)33(6)11-8-19-31(3,4)21(43-28-24(40)23(39)22(38)18(17-37)42-28)9-10-32(19,5)26(33)25-27(44-25)36(34,20(35)16-30)45-29(35)41/h18-28,37-40H,8-17H2,1-7H3. The molecule has 8 aliphatic rings. The van der Waals surface area contributed by atoms with E-state index in [1.54, 1.807) is 0 Å². The molecule has 16 atom stereocenters. The lowest BCUT2D eigenvalue weighted by Crippen LogP contribution is -2.75. The zero-order chi connectivity index (χ0) is 32.3. The molecular formula is C36H56O9. The Hall–Kier alpha value is -0.810. The van der Waals surface area contributed by atoms with Crippen molar-refractivity contribution in [2.75, 3.05) is 6.61 Å². The highest BCUT2D eigenvalue weighted by molar-refractivity contribution is 5.82. The Labute approximate surface area is 267 Å². The molecule has 5 aliphatic carbocycles. The van der Waals surface area contributed by atoms with E-state index >= 15 is 0 Å². The predicted molar refractivity (Wildman–Crippen MR) is 162 cm³/mol. The minimum atomic E-state index is -1.46. The first-order valence-electron chi connectivity index (χ1n) is 17.8. The quantitative estimate of drug-likeness (QED) is 0.208. The number of epoxide rings is 1. The van der Waals surface area contributed by atoms with E-state index < -0.39 is 42.9 Å². The molecule has 8 fully saturated rings. The monoisotopic (exact) mass is 632 g/mol. The number of aliphatic hydroxyl groups excluding tert-OH is 4. The maximum Gasteiger partial charge on any atom is 0.313 e. The normalized spacial score (nSPS) is 60.3. The van der Waals surface area contributed by atoms with Gasteiger partial charge in [0.2, 0.25) is 0 Å². The molecule has 0 aromatic heterocycles. The van der Waals surface area contributed by atoms with Gasteiger partial charge in [0.15, 0.2) is 11.9 Å². The fraction of sp³-hybridized carbons (Fsp3) is 0.972. The van der Waals surface area contributed by atoms with Crippen LogP contribution in [-0.4, -0.2) is 87.6 Å². The molecule has 9 nitrogen and oxygen atoms in total. The number of ether oxygens (including phenoxy) is 4. The van der Waals surface area contributed by atoms with E-state index in [9.17, 15) is 25.2 Å². The summed E-state index contributed by atoms with van der Waals surface area (Å²) in [5.41, 5.74) is -1.27. The van der Waals surface area contributed by atoms with Gasteiger partial charge in [0, 0.05) is 11.3 Å². The van der Waals surface area contributed by atoms with Crippen LogP contribution in [0.5, 0.6) is 0 Å². The molecule has 0 aromatic carbocycles. The number of fused-ring (bicyclic) bond motifs is 6. The third-order valence-electron chi connectivity index (χ3n) is 16.3. The van der Waals surface area contributed by atoms with Crippen LogP contribution in [0.4, 0.5) is 0 Å². The summed E-state index contributed by atoms with van der Waals surface area (Å²) in [5, 5.41) is 41.2. The number of hydrogen-bond acceptors (Lipinski definition) is 9. The highest BCUT2D eigenvalue weighted by atomic mass is 16.7. The van der Waals surface area contributed by atoms with Crippen LogP contribution in [0.25, 0.3) is 0 Å². The van der Waals surface area contributed by atoms with Crippen molar-refractivity contribution in [3.8, 4) is 0 Å². The second-order valence-corrected chi connectivity index (χ2v) is 18.8. The van der Waals surface area contributed by atoms with Crippen molar-refractivity contribution in [1.29, 1.82) is 0 Å². The Kier molecular flexibility index (Phi) is 6.46. The first kappa shape index (κ1) is 31.5. The number of hydrogen-bond donors (Lipinski definition) is 4. The highest BCUT2D eigenvalue weighted by Gasteiger charge is 2.89. The van der Waals surface area contributed by atoms with Gasteiger partial charge in [-0.25, -0.2) is 0 Å². The number of esters is 1. The largest absolute Gasteiger partial charge is 0.455 e. The summed E-state index contributed by atoms with van der Waals surface area (Å²) >= 11 is 0. The molecule has 4 N–H and O–H groups in total. The molecular weight excluding hydrogens is 576 g/mol. The van der Waals surface area contributed by atoms with Gasteiger partial charge in [-0.1, -0.05) is 48.5 Å². The number of carbonyl (C=O) groups is 1. The second kappa shape index (κ2) is 9.25. The third kappa shape index (κ3) is 3.57. The summed E-state index contributed by atoms with van der Waals surface area (Å²) in [7, 11) is 0. The summed E-state index contributed by atoms with van der Waals surface area (Å²) in [6.45, 7) is 16.2. The lowest BCUT2D eigenvalue weighted by Gasteiger charge is -2.72. The van der Waals surface area contributed by atoms with Crippen molar-refractivity contribution >= 4 is 5.97 Å². The van der Waals surface area contributed by atoms with Crippen molar-refractivity contribution in [2.24, 2.45) is 50.2 Å². The average molecular weight is 633 g/mol. The van der Waals surface area contributed by atoms with Gasteiger partial charge in [0.1, 0.15) is 30.5 Å². The van der Waals surface area contributed by atoms with Crippen molar-refractivity contribution in [3.63, 3.8) is 0 Å². The van der Waals surface area contributed by atoms with E-state index in [1.807, 2.05) is 0 Å². The molecule has 16 unspecified atom stereocenters. The van der Waals surface area contributed by atoms with E-state index in [-0.39, 0.29) is 62.7 Å². The predicted octanol–water partition coefficient (Wildman–Crippen LogP) is 3.72. The Morgan fingerprint density at radius 3 is 2.24 bits per heavy atom. The van der Waals surface area contributed by atoms with Gasteiger partial charge >= 0.3 is 5.97 Å². The van der Waals surface area contributed by atoms with Crippen molar-refractivity contribution in [3.05, 3.63) is 0 Å². The van der Waals surface area contributed by atoms with Gasteiger partial charge in [0.05, 0.1) is 24.2 Å². The summed E-state index contributed by atoms with van der Waals surface area (Å²) in [6.07, 6.45) is 2.07. The van der Waals surface area contributed by atoms with Crippen LogP contribution >= 0.6 is 0 Å². The molecule has 45 heavy (non-hydrogen) atoms. The molecule has 9 heteroatoms. The van der Waals surface area contributed by atoms with Crippen LogP contribution in [0.1, 0.15) is 106 Å². The number of aliphatic hydroxyl groups is 4. The zero-order valence-electron chi connectivity index (χ0n) is 28.3. The van der Waals surface area contributed by atoms with Gasteiger partial charge in [-0.05, 0) is 91.3 Å². The molecule has 3 aliphatic heterocycles. The first-order valence-corrected chi connectivity index (χ1v) is 17.8. The lowest BCUT2D eigenvalue weighted by atomic mass is 9.31. The maximum atomic E-state index is 14.0. The highest BCUT2D eigenvalue weighted by Crippen LogP contribution is 2.83. The minimum Gasteiger partial charge on any atom is -0.455 e. The zero-order valence-corrected chi connectivity index (χ0v) is 28.3. The van der Waals surface area contributed by atoms with E-state index in [0.717, 1.165) is 57.8 Å². The lowest BCUT2D eigenvalue weighted by molar-refractivity contribution is -0.333. The summed E-state index contributed by atoms with van der Waals surface area (Å²) in [5.74, 6) is 0.893. The molecule has 3 saturated heterocycles. The maximum absolute atomic E-state index is 14.0. The second-order valence-electron chi connectivity index (χ2n) is 18.8. The Bertz CT molecular complexity index is 1270. The third-order valence-corrected chi connectivity index (χ3v) is 16.3. The van der Waals surface area contributed by atoms with Crippen LogP contribution < -0.4 is 0 Å². The first-order chi connectivity index (χ1) is 20.9. The topological polar surface area (TPSA) is 138 Å². The van der Waals surface area contributed by atoms with Crippen molar-refractivity contribution in [1.82, 2.24) is 0 Å². The van der Waals surface area contributed by atoms with Crippen molar-refractivity contribution < 1.29 is 44.2 Å². The van der Waals surface area contributed by atoms with E-state index in [1.165, 1.54) is 0 Å². The molecule has 3 heterocycles. The van der Waals surface area contributed by atoms with Crippen LogP contribution in [0, 0.1) is 50.2 Å². The number of carbonyl (C=O) groups excluding carboxylic acids is 1. The Balaban J connectivity index is 1.11. The SMILES string of the molecule is CC1(C)CCC23CCC4(C)C5(C)CCC6C(C)(C)C(OC7OC(CO)C(O)C(O)C7O)CCC6(C)C5C5OC5C4(OC2=O)C3C1. The molecule has 8 rings (SSSR count). The van der Waals surface area contributed by atoms with E-state index in [4.69, 9.17) is 18.9 Å². The van der Waals surface area contributed by atoms with Gasteiger partial charge in [-0.15, -0.1) is 0 Å². The van der Waals surface area contributed by atoms with Gasteiger partial charge in [0.25, 0.3) is 0 Å². The Morgan fingerprint density at radius 2 is 1.53 bits per heavy atom. The summed E-state index contributed by atoms with van der Waals surface area (Å²) in [4.78, 5) is 14.0. The van der Waals surface area contributed by atoms with Crippen LogP contribution in [0.15, 0.2) is 0 Å². The molecule has 0 aromatic rings. The minimum absolute atomic E-state index is 0.0290. The van der Waals surface area contributed by atoms with Crippen molar-refractivity contribution in [2.45, 2.75) is 161 Å². The fourth-order valence-electron chi connectivity index (χ4n) is 13.7. The average Bonchev–Trinajstić information content (AvgIpc) is 3.72. The molecule has 2 bridgehead atoms. The molecule has 0 radical (unpaired) electrons. The van der Waals surface area contributed by atoms with Gasteiger partial charge < -0.3 is 39.4 Å². The van der Waals surface area contributed by atoms with Gasteiger partial charge in [-0.3, -0.25) is 4.79 Å². The van der Waals surface area contributed by atoms with Crippen LogP contribution in [0.2, 0.25) is 0 Å². The smallest absolute Gasteiger partial charge is 0.313 e.